The highest BCUT2D eigenvalue weighted by atomic mass is 16.6. The Labute approximate surface area is 151 Å². The third kappa shape index (κ3) is 14.1. The summed E-state index contributed by atoms with van der Waals surface area (Å²) in [5, 5.41) is 21.0. The predicted octanol–water partition coefficient (Wildman–Crippen LogP) is 4.56. The van der Waals surface area contributed by atoms with E-state index in [9.17, 15) is 20.0 Å². The molecule has 2 atom stereocenters. The van der Waals surface area contributed by atoms with E-state index in [2.05, 4.69) is 12.2 Å². The molecule has 0 saturated heterocycles. The van der Waals surface area contributed by atoms with Gasteiger partial charge >= 0.3 is 0 Å². The van der Waals surface area contributed by atoms with Crippen LogP contribution in [0.25, 0.3) is 0 Å². The smallest absolute Gasteiger partial charge is 0.242 e. The maximum absolute atomic E-state index is 11.1. The van der Waals surface area contributed by atoms with E-state index in [0.29, 0.717) is 12.8 Å². The summed E-state index contributed by atoms with van der Waals surface area (Å²) in [6.45, 7) is 1.98. The SMILES string of the molecule is CC/C=C\CC(O)C(C/C=C\C/C=C\C/C=C\CCCC=O)[N+](=O)[O-]. The third-order valence-electron chi connectivity index (χ3n) is 3.61. The number of carbonyl (C=O) groups is 1. The van der Waals surface area contributed by atoms with Crippen LogP contribution in [0.1, 0.15) is 58.3 Å². The minimum absolute atomic E-state index is 0.235. The van der Waals surface area contributed by atoms with Crippen molar-refractivity contribution < 1.29 is 14.8 Å². The molecule has 0 aliphatic carbocycles. The summed E-state index contributed by atoms with van der Waals surface area (Å²) >= 11 is 0. The fraction of sp³-hybridized carbons (Fsp3) is 0.550. The molecule has 0 rings (SSSR count). The van der Waals surface area contributed by atoms with Gasteiger partial charge in [0.1, 0.15) is 12.4 Å². The van der Waals surface area contributed by atoms with Crippen LogP contribution in [-0.2, 0) is 4.79 Å². The van der Waals surface area contributed by atoms with Crippen LogP contribution in [-0.4, -0.2) is 28.5 Å². The van der Waals surface area contributed by atoms with Gasteiger partial charge in [-0.15, -0.1) is 0 Å². The Hall–Kier alpha value is -2.01. The molecular weight excluding hydrogens is 318 g/mol. The molecule has 0 fully saturated rings. The van der Waals surface area contributed by atoms with Gasteiger partial charge in [0.2, 0.25) is 6.04 Å². The number of rotatable bonds is 15. The monoisotopic (exact) mass is 349 g/mol. The van der Waals surface area contributed by atoms with Crippen molar-refractivity contribution in [2.75, 3.05) is 0 Å². The van der Waals surface area contributed by atoms with Crippen LogP contribution in [0, 0.1) is 10.1 Å². The van der Waals surface area contributed by atoms with Crippen LogP contribution < -0.4 is 0 Å². The van der Waals surface area contributed by atoms with Crippen molar-refractivity contribution in [2.24, 2.45) is 0 Å². The van der Waals surface area contributed by atoms with Crippen molar-refractivity contribution in [3.63, 3.8) is 0 Å². The van der Waals surface area contributed by atoms with E-state index in [4.69, 9.17) is 0 Å². The average molecular weight is 349 g/mol. The Bertz CT molecular complexity index is 466. The molecule has 0 aromatic rings. The molecule has 0 radical (unpaired) electrons. The van der Waals surface area contributed by atoms with Gasteiger partial charge in [0.05, 0.1) is 0 Å². The molecule has 0 amide bonds. The molecule has 5 heteroatoms. The van der Waals surface area contributed by atoms with Crippen molar-refractivity contribution in [1.82, 2.24) is 0 Å². The highest BCUT2D eigenvalue weighted by Gasteiger charge is 2.27. The number of nitro groups is 1. The summed E-state index contributed by atoms with van der Waals surface area (Å²) in [4.78, 5) is 20.8. The van der Waals surface area contributed by atoms with Gasteiger partial charge in [-0.3, -0.25) is 10.1 Å². The van der Waals surface area contributed by atoms with Gasteiger partial charge in [0, 0.05) is 17.8 Å². The van der Waals surface area contributed by atoms with Crippen LogP contribution in [0.15, 0.2) is 48.6 Å². The zero-order valence-electron chi connectivity index (χ0n) is 15.1. The zero-order chi connectivity index (χ0) is 18.8. The van der Waals surface area contributed by atoms with Crippen LogP contribution in [0.5, 0.6) is 0 Å². The van der Waals surface area contributed by atoms with Crippen molar-refractivity contribution in [3.05, 3.63) is 58.7 Å². The molecule has 25 heavy (non-hydrogen) atoms. The number of aldehydes is 1. The molecule has 0 aliphatic heterocycles. The van der Waals surface area contributed by atoms with Crippen molar-refractivity contribution in [2.45, 2.75) is 70.4 Å². The number of carbonyl (C=O) groups excluding carboxylic acids is 1. The number of unbranched alkanes of at least 4 members (excludes halogenated alkanes) is 2. The van der Waals surface area contributed by atoms with Crippen LogP contribution in [0.4, 0.5) is 0 Å². The highest BCUT2D eigenvalue weighted by Crippen LogP contribution is 2.10. The number of nitrogens with zero attached hydrogens (tertiary/aromatic N) is 1. The summed E-state index contributed by atoms with van der Waals surface area (Å²) in [5.74, 6) is 0. The first-order valence-corrected chi connectivity index (χ1v) is 8.98. The van der Waals surface area contributed by atoms with Crippen LogP contribution in [0.3, 0.4) is 0 Å². The lowest BCUT2D eigenvalue weighted by Gasteiger charge is -2.12. The highest BCUT2D eigenvalue weighted by molar-refractivity contribution is 5.49. The summed E-state index contributed by atoms with van der Waals surface area (Å²) in [6.07, 6.45) is 20.9. The molecular formula is C20H31NO4. The summed E-state index contributed by atoms with van der Waals surface area (Å²) < 4.78 is 0. The second-order valence-corrected chi connectivity index (χ2v) is 5.75. The van der Waals surface area contributed by atoms with Gasteiger partial charge in [-0.1, -0.05) is 55.5 Å². The van der Waals surface area contributed by atoms with Crippen LogP contribution >= 0.6 is 0 Å². The topological polar surface area (TPSA) is 80.4 Å². The van der Waals surface area contributed by atoms with E-state index in [-0.39, 0.29) is 6.42 Å². The van der Waals surface area contributed by atoms with E-state index >= 15 is 0 Å². The van der Waals surface area contributed by atoms with E-state index in [1.807, 2.05) is 31.2 Å². The zero-order valence-corrected chi connectivity index (χ0v) is 15.1. The first-order chi connectivity index (χ1) is 12.1. The lowest BCUT2D eigenvalue weighted by atomic mass is 10.0. The summed E-state index contributed by atoms with van der Waals surface area (Å²) in [7, 11) is 0. The van der Waals surface area contributed by atoms with Gasteiger partial charge in [0.25, 0.3) is 0 Å². The molecule has 2 unspecified atom stereocenters. The number of hydrogen-bond donors (Lipinski definition) is 1. The Morgan fingerprint density at radius 1 is 0.920 bits per heavy atom. The Morgan fingerprint density at radius 3 is 2.12 bits per heavy atom. The third-order valence-corrected chi connectivity index (χ3v) is 3.61. The quantitative estimate of drug-likeness (QED) is 0.154. The minimum Gasteiger partial charge on any atom is -0.386 e. The fourth-order valence-corrected chi connectivity index (χ4v) is 2.16. The molecule has 140 valence electrons. The second-order valence-electron chi connectivity index (χ2n) is 5.75. The standard InChI is InChI=1S/C20H31NO4/c1-2-3-13-17-20(23)19(21(24)25)16-14-11-9-7-5-4-6-8-10-12-15-18-22/h3,5-8,11,13-14,18-20,23H,2,4,9-10,12,15-17H2,1H3/b7-5-,8-6-,13-3-,14-11-. The van der Waals surface area contributed by atoms with Gasteiger partial charge in [-0.05, 0) is 38.5 Å². The molecule has 1 N–H and O–H groups in total. The molecule has 0 aromatic carbocycles. The van der Waals surface area contributed by atoms with Crippen molar-refractivity contribution in [1.29, 1.82) is 0 Å². The number of aliphatic hydroxyl groups excluding tert-OH is 1. The molecule has 0 saturated carbocycles. The molecule has 0 aliphatic rings. The molecule has 0 bridgehead atoms. The maximum Gasteiger partial charge on any atom is 0.242 e. The van der Waals surface area contributed by atoms with E-state index in [0.717, 1.165) is 38.4 Å². The summed E-state index contributed by atoms with van der Waals surface area (Å²) in [5.41, 5.74) is 0. The van der Waals surface area contributed by atoms with Gasteiger partial charge < -0.3 is 9.90 Å². The fourth-order valence-electron chi connectivity index (χ4n) is 2.16. The van der Waals surface area contributed by atoms with Crippen LogP contribution in [0.2, 0.25) is 0 Å². The maximum atomic E-state index is 11.1. The Kier molecular flexibility index (Phi) is 15.5. The number of hydrogen-bond acceptors (Lipinski definition) is 4. The number of aliphatic hydroxyl groups is 1. The largest absolute Gasteiger partial charge is 0.386 e. The normalized spacial score (nSPS) is 14.8. The second kappa shape index (κ2) is 16.8. The molecule has 0 spiro atoms. The minimum atomic E-state index is -0.962. The lowest BCUT2D eigenvalue weighted by molar-refractivity contribution is -0.533. The van der Waals surface area contributed by atoms with E-state index in [1.54, 1.807) is 12.2 Å². The number of allylic oxidation sites excluding steroid dienone is 6. The Balaban J connectivity index is 4.01. The molecule has 0 aromatic heterocycles. The average Bonchev–Trinajstić information content (AvgIpc) is 2.58. The Morgan fingerprint density at radius 2 is 1.52 bits per heavy atom. The molecule has 0 heterocycles. The van der Waals surface area contributed by atoms with E-state index in [1.165, 1.54) is 0 Å². The summed E-state index contributed by atoms with van der Waals surface area (Å²) in [6, 6.07) is -0.962. The van der Waals surface area contributed by atoms with Crippen molar-refractivity contribution in [3.8, 4) is 0 Å². The first kappa shape index (κ1) is 23.0. The predicted molar refractivity (Wildman–Crippen MR) is 102 cm³/mol. The van der Waals surface area contributed by atoms with Gasteiger partial charge in [0.15, 0.2) is 0 Å². The van der Waals surface area contributed by atoms with Crippen molar-refractivity contribution >= 4 is 6.29 Å². The van der Waals surface area contributed by atoms with Gasteiger partial charge in [-0.25, -0.2) is 0 Å². The van der Waals surface area contributed by atoms with E-state index < -0.39 is 17.1 Å². The van der Waals surface area contributed by atoms with Gasteiger partial charge in [-0.2, -0.15) is 0 Å². The lowest BCUT2D eigenvalue weighted by Crippen LogP contribution is -2.32. The first-order valence-electron chi connectivity index (χ1n) is 8.98. The molecule has 5 nitrogen and oxygen atoms in total.